The first-order valence-electron chi connectivity index (χ1n) is 10.4. The Bertz CT molecular complexity index is 1380. The number of aromatic nitrogens is 1. The quantitative estimate of drug-likeness (QED) is 0.397. The van der Waals surface area contributed by atoms with E-state index in [9.17, 15) is 13.2 Å². The van der Waals surface area contributed by atoms with E-state index in [2.05, 4.69) is 10.5 Å². The van der Waals surface area contributed by atoms with Gasteiger partial charge in [0.25, 0.3) is 15.9 Å². The van der Waals surface area contributed by atoms with E-state index in [1.165, 1.54) is 28.6 Å². The van der Waals surface area contributed by atoms with Crippen molar-refractivity contribution in [3.05, 3.63) is 102 Å². The minimum absolute atomic E-state index is 0.0109. The Morgan fingerprint density at radius 2 is 1.74 bits per heavy atom. The van der Waals surface area contributed by atoms with E-state index in [0.29, 0.717) is 17.2 Å². The predicted octanol–water partition coefficient (Wildman–Crippen LogP) is 4.64. The lowest BCUT2D eigenvalue weighted by Gasteiger charge is -2.25. The molecule has 1 aromatic heterocycles. The summed E-state index contributed by atoms with van der Waals surface area (Å²) >= 11 is 0. The fraction of sp³-hybridized carbons (Fsp3) is 0.120. The largest absolute Gasteiger partial charge is 0.497 e. The van der Waals surface area contributed by atoms with Crippen LogP contribution in [0.2, 0.25) is 0 Å². The molecule has 0 atom stereocenters. The van der Waals surface area contributed by atoms with Crippen molar-refractivity contribution >= 4 is 27.4 Å². The van der Waals surface area contributed by atoms with Crippen LogP contribution in [0.25, 0.3) is 0 Å². The van der Waals surface area contributed by atoms with Crippen molar-refractivity contribution in [3.8, 4) is 5.75 Å². The van der Waals surface area contributed by atoms with Crippen molar-refractivity contribution in [2.75, 3.05) is 16.7 Å². The maximum atomic E-state index is 13.8. The second-order valence-corrected chi connectivity index (χ2v) is 9.36. The van der Waals surface area contributed by atoms with Crippen molar-refractivity contribution in [1.82, 2.24) is 5.16 Å². The maximum absolute atomic E-state index is 13.8. The number of rotatable bonds is 8. The van der Waals surface area contributed by atoms with E-state index in [1.807, 2.05) is 30.3 Å². The number of hydrogen-bond acceptors (Lipinski definition) is 6. The van der Waals surface area contributed by atoms with Gasteiger partial charge in [0.05, 0.1) is 24.2 Å². The summed E-state index contributed by atoms with van der Waals surface area (Å²) in [7, 11) is -2.47. The van der Waals surface area contributed by atoms with Crippen LogP contribution in [-0.2, 0) is 16.6 Å². The lowest BCUT2D eigenvalue weighted by Crippen LogP contribution is -2.30. The molecule has 34 heavy (non-hydrogen) atoms. The maximum Gasteiger partial charge on any atom is 0.264 e. The summed E-state index contributed by atoms with van der Waals surface area (Å²) in [5.74, 6) is 0.911. The second kappa shape index (κ2) is 9.80. The summed E-state index contributed by atoms with van der Waals surface area (Å²) in [5, 5.41) is 6.34. The van der Waals surface area contributed by atoms with Gasteiger partial charge in [-0.05, 0) is 55.0 Å². The molecule has 0 aliphatic carbocycles. The molecule has 1 amide bonds. The predicted molar refractivity (Wildman–Crippen MR) is 128 cm³/mol. The Balaban J connectivity index is 1.69. The van der Waals surface area contributed by atoms with Gasteiger partial charge in [0.15, 0.2) is 5.82 Å². The highest BCUT2D eigenvalue weighted by Gasteiger charge is 2.26. The monoisotopic (exact) mass is 477 g/mol. The number of carbonyl (C=O) groups is 1. The molecule has 0 radical (unpaired) electrons. The Hall–Kier alpha value is -4.11. The summed E-state index contributed by atoms with van der Waals surface area (Å²) in [4.78, 5) is 12.7. The van der Waals surface area contributed by atoms with Crippen LogP contribution >= 0.6 is 0 Å². The van der Waals surface area contributed by atoms with Crippen molar-refractivity contribution in [2.24, 2.45) is 0 Å². The Morgan fingerprint density at radius 1 is 1.00 bits per heavy atom. The molecule has 3 aromatic carbocycles. The highest BCUT2D eigenvalue weighted by Crippen LogP contribution is 2.28. The number of amides is 1. The van der Waals surface area contributed by atoms with Crippen molar-refractivity contribution in [2.45, 2.75) is 18.4 Å². The number of aryl methyl sites for hydroxylation is 1. The third-order valence-electron chi connectivity index (χ3n) is 5.08. The number of carbonyl (C=O) groups excluding carboxylic acids is 1. The zero-order chi connectivity index (χ0) is 24.1. The van der Waals surface area contributed by atoms with Crippen molar-refractivity contribution in [1.29, 1.82) is 0 Å². The molecule has 0 spiro atoms. The van der Waals surface area contributed by atoms with Crippen molar-refractivity contribution < 1.29 is 22.5 Å². The van der Waals surface area contributed by atoms with Crippen LogP contribution in [0.3, 0.4) is 0 Å². The molecule has 0 bridgehead atoms. The minimum atomic E-state index is -4.02. The number of hydrogen-bond donors (Lipinski definition) is 1. The fourth-order valence-electron chi connectivity index (χ4n) is 3.35. The number of anilines is 2. The van der Waals surface area contributed by atoms with E-state index in [-0.39, 0.29) is 22.8 Å². The third-order valence-corrected chi connectivity index (χ3v) is 6.85. The van der Waals surface area contributed by atoms with E-state index < -0.39 is 15.9 Å². The lowest BCUT2D eigenvalue weighted by atomic mass is 10.2. The fourth-order valence-corrected chi connectivity index (χ4v) is 4.85. The topological polar surface area (TPSA) is 102 Å². The van der Waals surface area contributed by atoms with Gasteiger partial charge in [-0.1, -0.05) is 41.6 Å². The summed E-state index contributed by atoms with van der Waals surface area (Å²) in [5.41, 5.74) is 1.46. The van der Waals surface area contributed by atoms with Crippen LogP contribution in [0.4, 0.5) is 11.5 Å². The van der Waals surface area contributed by atoms with Gasteiger partial charge in [-0.25, -0.2) is 8.42 Å². The van der Waals surface area contributed by atoms with Gasteiger partial charge in [-0.3, -0.25) is 9.10 Å². The highest BCUT2D eigenvalue weighted by molar-refractivity contribution is 7.92. The average Bonchev–Trinajstić information content (AvgIpc) is 3.27. The van der Waals surface area contributed by atoms with Gasteiger partial charge >= 0.3 is 0 Å². The highest BCUT2D eigenvalue weighted by atomic mass is 32.2. The zero-order valence-electron chi connectivity index (χ0n) is 18.6. The van der Waals surface area contributed by atoms with Crippen LogP contribution in [0.1, 0.15) is 21.7 Å². The standard InChI is InChI=1S/C25H23N3O5S/c1-18-15-24(27-33-18)26-25(29)20-9-6-10-23(16-20)34(30,31)28(17-19-7-4-3-5-8-19)21-11-13-22(32-2)14-12-21/h3-16H,17H2,1-2H3,(H,26,27,29). The van der Waals surface area contributed by atoms with Gasteiger partial charge in [0.2, 0.25) is 0 Å². The van der Waals surface area contributed by atoms with Crippen molar-refractivity contribution in [3.63, 3.8) is 0 Å². The number of nitrogens with one attached hydrogen (secondary N) is 1. The second-order valence-electron chi connectivity index (χ2n) is 7.50. The smallest absolute Gasteiger partial charge is 0.264 e. The molecule has 0 aliphatic rings. The van der Waals surface area contributed by atoms with Gasteiger partial charge in [0.1, 0.15) is 11.5 Å². The zero-order valence-corrected chi connectivity index (χ0v) is 19.5. The van der Waals surface area contributed by atoms with Gasteiger partial charge in [-0.15, -0.1) is 0 Å². The molecule has 4 rings (SSSR count). The molecule has 174 valence electrons. The summed E-state index contributed by atoms with van der Waals surface area (Å²) in [6.45, 7) is 1.82. The SMILES string of the molecule is COc1ccc(N(Cc2ccccc2)S(=O)(=O)c2cccc(C(=O)Nc3cc(C)on3)c2)cc1. The van der Waals surface area contributed by atoms with Crippen LogP contribution in [0.5, 0.6) is 5.75 Å². The van der Waals surface area contributed by atoms with Crippen LogP contribution in [0.15, 0.2) is 94.3 Å². The van der Waals surface area contributed by atoms with Crippen LogP contribution in [0, 0.1) is 6.92 Å². The number of ether oxygens (including phenoxy) is 1. The molecule has 0 saturated heterocycles. The number of methoxy groups -OCH3 is 1. The Labute approximate surface area is 197 Å². The van der Waals surface area contributed by atoms with Gasteiger partial charge in [0, 0.05) is 11.6 Å². The first kappa shape index (κ1) is 23.1. The molecule has 0 fully saturated rings. The molecule has 9 heteroatoms. The molecule has 0 saturated carbocycles. The lowest BCUT2D eigenvalue weighted by molar-refractivity contribution is 0.102. The minimum Gasteiger partial charge on any atom is -0.497 e. The first-order valence-corrected chi connectivity index (χ1v) is 11.9. The molecular formula is C25H23N3O5S. The van der Waals surface area contributed by atoms with Crippen LogP contribution < -0.4 is 14.4 Å². The number of nitrogens with zero attached hydrogens (tertiary/aromatic N) is 2. The Morgan fingerprint density at radius 3 is 2.38 bits per heavy atom. The third kappa shape index (κ3) is 5.10. The Kier molecular flexibility index (Phi) is 6.65. The van der Waals surface area contributed by atoms with E-state index in [1.54, 1.807) is 44.4 Å². The molecule has 4 aromatic rings. The van der Waals surface area contributed by atoms with Crippen LogP contribution in [-0.4, -0.2) is 26.6 Å². The molecule has 1 heterocycles. The van der Waals surface area contributed by atoms with E-state index in [0.717, 1.165) is 5.56 Å². The summed E-state index contributed by atoms with van der Waals surface area (Å²) in [6, 6.07) is 23.5. The molecule has 0 aliphatic heterocycles. The molecular weight excluding hydrogens is 454 g/mol. The van der Waals surface area contributed by atoms with Gasteiger partial charge in [-0.2, -0.15) is 0 Å². The van der Waals surface area contributed by atoms with E-state index in [4.69, 9.17) is 9.26 Å². The average molecular weight is 478 g/mol. The number of sulfonamides is 1. The molecule has 0 unspecified atom stereocenters. The molecule has 8 nitrogen and oxygen atoms in total. The normalized spacial score (nSPS) is 11.1. The summed E-state index contributed by atoms with van der Waals surface area (Å²) < 4.78 is 39.0. The van der Waals surface area contributed by atoms with E-state index >= 15 is 0 Å². The number of benzene rings is 3. The first-order chi connectivity index (χ1) is 16.4. The molecule has 1 N–H and O–H groups in total. The summed E-state index contributed by atoms with van der Waals surface area (Å²) in [6.07, 6.45) is 0. The van der Waals surface area contributed by atoms with Gasteiger partial charge < -0.3 is 14.6 Å².